The fraction of sp³-hybridized carbons (Fsp3) is 0.214. The standard InChI is InChI=1S/C14H15FN4O/c1-2-16-14(20)12-6-7-13(19-18-12)17-9-10-4-3-5-11(15)8-10/h3-8H,2,9H2,1H3,(H,16,20)(H,17,19). The first-order chi connectivity index (χ1) is 9.69. The average Bonchev–Trinajstić information content (AvgIpc) is 2.46. The maximum atomic E-state index is 13.0. The number of nitrogens with one attached hydrogen (secondary N) is 2. The summed E-state index contributed by atoms with van der Waals surface area (Å²) in [6, 6.07) is 9.56. The summed E-state index contributed by atoms with van der Waals surface area (Å²) in [5.41, 5.74) is 1.07. The highest BCUT2D eigenvalue weighted by Gasteiger charge is 2.06. The molecule has 2 rings (SSSR count). The van der Waals surface area contributed by atoms with Gasteiger partial charge in [0.15, 0.2) is 5.69 Å². The van der Waals surface area contributed by atoms with Gasteiger partial charge in [0.2, 0.25) is 0 Å². The zero-order valence-electron chi connectivity index (χ0n) is 11.1. The maximum absolute atomic E-state index is 13.0. The Morgan fingerprint density at radius 2 is 2.10 bits per heavy atom. The smallest absolute Gasteiger partial charge is 0.271 e. The number of nitrogens with zero attached hydrogens (tertiary/aromatic N) is 2. The van der Waals surface area contributed by atoms with Gasteiger partial charge in [-0.15, -0.1) is 10.2 Å². The third-order valence-electron chi connectivity index (χ3n) is 2.60. The van der Waals surface area contributed by atoms with Gasteiger partial charge >= 0.3 is 0 Å². The van der Waals surface area contributed by atoms with Crippen molar-refractivity contribution in [3.63, 3.8) is 0 Å². The molecule has 0 spiro atoms. The molecule has 0 atom stereocenters. The van der Waals surface area contributed by atoms with Gasteiger partial charge in [-0.05, 0) is 36.8 Å². The van der Waals surface area contributed by atoms with Crippen molar-refractivity contribution in [1.82, 2.24) is 15.5 Å². The molecule has 0 fully saturated rings. The number of benzene rings is 1. The Morgan fingerprint density at radius 1 is 1.25 bits per heavy atom. The van der Waals surface area contributed by atoms with Crippen LogP contribution in [0.3, 0.4) is 0 Å². The molecule has 6 heteroatoms. The molecule has 5 nitrogen and oxygen atoms in total. The largest absolute Gasteiger partial charge is 0.365 e. The zero-order valence-corrected chi connectivity index (χ0v) is 11.1. The van der Waals surface area contributed by atoms with E-state index in [1.165, 1.54) is 12.1 Å². The maximum Gasteiger partial charge on any atom is 0.271 e. The summed E-state index contributed by atoms with van der Waals surface area (Å²) in [7, 11) is 0. The first-order valence-corrected chi connectivity index (χ1v) is 6.29. The normalized spacial score (nSPS) is 10.1. The number of hydrogen-bond donors (Lipinski definition) is 2. The molecule has 0 saturated carbocycles. The molecular formula is C14H15FN4O. The lowest BCUT2D eigenvalue weighted by atomic mass is 10.2. The lowest BCUT2D eigenvalue weighted by Crippen LogP contribution is -2.24. The molecule has 1 amide bonds. The molecular weight excluding hydrogens is 259 g/mol. The van der Waals surface area contributed by atoms with E-state index >= 15 is 0 Å². The van der Waals surface area contributed by atoms with Crippen LogP contribution in [-0.2, 0) is 6.54 Å². The number of aromatic nitrogens is 2. The van der Waals surface area contributed by atoms with E-state index in [-0.39, 0.29) is 17.4 Å². The quantitative estimate of drug-likeness (QED) is 0.875. The third kappa shape index (κ3) is 3.74. The Balaban J connectivity index is 1.95. The summed E-state index contributed by atoms with van der Waals surface area (Å²) in [6.45, 7) is 2.81. The highest BCUT2D eigenvalue weighted by atomic mass is 19.1. The lowest BCUT2D eigenvalue weighted by Gasteiger charge is -2.06. The lowest BCUT2D eigenvalue weighted by molar-refractivity contribution is 0.0950. The molecule has 2 N–H and O–H groups in total. The van der Waals surface area contributed by atoms with Crippen molar-refractivity contribution in [2.24, 2.45) is 0 Å². The Morgan fingerprint density at radius 3 is 2.75 bits per heavy atom. The summed E-state index contributed by atoms with van der Waals surface area (Å²) in [5.74, 6) is 0.000888. The van der Waals surface area contributed by atoms with Gasteiger partial charge in [-0.2, -0.15) is 0 Å². The number of carbonyl (C=O) groups excluding carboxylic acids is 1. The Hall–Kier alpha value is -2.50. The molecule has 1 aromatic carbocycles. The van der Waals surface area contributed by atoms with Gasteiger partial charge in [0, 0.05) is 13.1 Å². The molecule has 0 aliphatic carbocycles. The van der Waals surface area contributed by atoms with Crippen molar-refractivity contribution < 1.29 is 9.18 Å². The van der Waals surface area contributed by atoms with E-state index in [2.05, 4.69) is 20.8 Å². The van der Waals surface area contributed by atoms with Crippen LogP contribution >= 0.6 is 0 Å². The van der Waals surface area contributed by atoms with Crippen LogP contribution in [0.2, 0.25) is 0 Å². The predicted octanol–water partition coefficient (Wildman–Crippen LogP) is 1.98. The van der Waals surface area contributed by atoms with E-state index in [1.807, 2.05) is 13.0 Å². The van der Waals surface area contributed by atoms with Crippen molar-refractivity contribution in [2.75, 3.05) is 11.9 Å². The number of carbonyl (C=O) groups is 1. The van der Waals surface area contributed by atoms with Crippen LogP contribution in [0.5, 0.6) is 0 Å². The van der Waals surface area contributed by atoms with E-state index in [4.69, 9.17) is 0 Å². The molecule has 0 saturated heterocycles. The summed E-state index contributed by atoms with van der Waals surface area (Å²) < 4.78 is 13.0. The molecule has 104 valence electrons. The second-order valence-electron chi connectivity index (χ2n) is 4.15. The van der Waals surface area contributed by atoms with Crippen LogP contribution in [-0.4, -0.2) is 22.6 Å². The molecule has 2 aromatic rings. The molecule has 1 heterocycles. The van der Waals surface area contributed by atoms with Gasteiger partial charge in [-0.1, -0.05) is 12.1 Å². The number of rotatable bonds is 5. The number of anilines is 1. The van der Waals surface area contributed by atoms with Gasteiger partial charge < -0.3 is 10.6 Å². The molecule has 1 aromatic heterocycles. The minimum atomic E-state index is -0.276. The van der Waals surface area contributed by atoms with Gasteiger partial charge in [-0.25, -0.2) is 4.39 Å². The van der Waals surface area contributed by atoms with Crippen molar-refractivity contribution in [1.29, 1.82) is 0 Å². The van der Waals surface area contributed by atoms with Gasteiger partial charge in [-0.3, -0.25) is 4.79 Å². The summed E-state index contributed by atoms with van der Waals surface area (Å²) in [4.78, 5) is 11.5. The van der Waals surface area contributed by atoms with Gasteiger partial charge in [0.05, 0.1) is 0 Å². The van der Waals surface area contributed by atoms with E-state index in [0.717, 1.165) is 5.56 Å². The molecule has 0 aliphatic heterocycles. The highest BCUT2D eigenvalue weighted by Crippen LogP contribution is 2.07. The highest BCUT2D eigenvalue weighted by molar-refractivity contribution is 5.92. The predicted molar refractivity (Wildman–Crippen MR) is 73.8 cm³/mol. The number of amides is 1. The molecule has 0 aliphatic rings. The molecule has 0 radical (unpaired) electrons. The Kier molecular flexibility index (Phi) is 4.60. The fourth-order valence-corrected chi connectivity index (χ4v) is 1.64. The SMILES string of the molecule is CCNC(=O)c1ccc(NCc2cccc(F)c2)nn1. The van der Waals surface area contributed by atoms with Crippen molar-refractivity contribution in [2.45, 2.75) is 13.5 Å². The Labute approximate surface area is 116 Å². The number of halogens is 1. The summed E-state index contributed by atoms with van der Waals surface area (Å²) in [5, 5.41) is 13.4. The van der Waals surface area contributed by atoms with Crippen molar-refractivity contribution >= 4 is 11.7 Å². The second kappa shape index (κ2) is 6.60. The van der Waals surface area contributed by atoms with Gasteiger partial charge in [0.25, 0.3) is 5.91 Å². The average molecular weight is 274 g/mol. The van der Waals surface area contributed by atoms with Crippen LogP contribution in [0.25, 0.3) is 0 Å². The van der Waals surface area contributed by atoms with Crippen LogP contribution < -0.4 is 10.6 Å². The first kappa shape index (κ1) is 13.9. The minimum Gasteiger partial charge on any atom is -0.365 e. The van der Waals surface area contributed by atoms with Crippen molar-refractivity contribution in [3.05, 3.63) is 53.5 Å². The molecule has 0 bridgehead atoms. The molecule has 0 unspecified atom stereocenters. The summed E-state index contributed by atoms with van der Waals surface area (Å²) >= 11 is 0. The summed E-state index contributed by atoms with van der Waals surface area (Å²) in [6.07, 6.45) is 0. The van der Waals surface area contributed by atoms with Crippen LogP contribution in [0, 0.1) is 5.82 Å². The second-order valence-corrected chi connectivity index (χ2v) is 4.15. The molecule has 20 heavy (non-hydrogen) atoms. The van der Waals surface area contributed by atoms with Crippen LogP contribution in [0.15, 0.2) is 36.4 Å². The number of hydrogen-bond acceptors (Lipinski definition) is 4. The topological polar surface area (TPSA) is 66.9 Å². The van der Waals surface area contributed by atoms with E-state index < -0.39 is 0 Å². The third-order valence-corrected chi connectivity index (χ3v) is 2.60. The van der Waals surface area contributed by atoms with Crippen molar-refractivity contribution in [3.8, 4) is 0 Å². The monoisotopic (exact) mass is 274 g/mol. The first-order valence-electron chi connectivity index (χ1n) is 6.29. The minimum absolute atomic E-state index is 0.253. The Bertz CT molecular complexity index is 586. The van der Waals surface area contributed by atoms with E-state index in [1.54, 1.807) is 18.2 Å². The fourth-order valence-electron chi connectivity index (χ4n) is 1.64. The van der Waals surface area contributed by atoms with Gasteiger partial charge in [0.1, 0.15) is 11.6 Å². The van der Waals surface area contributed by atoms with E-state index in [9.17, 15) is 9.18 Å². The van der Waals surface area contributed by atoms with E-state index in [0.29, 0.717) is 18.9 Å². The van der Waals surface area contributed by atoms with Crippen LogP contribution in [0.4, 0.5) is 10.2 Å². The zero-order chi connectivity index (χ0) is 14.4. The van der Waals surface area contributed by atoms with Crippen LogP contribution in [0.1, 0.15) is 23.0 Å².